The van der Waals surface area contributed by atoms with Gasteiger partial charge >= 0.3 is 0 Å². The molecule has 12 heavy (non-hydrogen) atoms. The highest BCUT2D eigenvalue weighted by molar-refractivity contribution is 7.93. The summed E-state index contributed by atoms with van der Waals surface area (Å²) in [4.78, 5) is 0. The lowest BCUT2D eigenvalue weighted by Crippen LogP contribution is -2.37. The van der Waals surface area contributed by atoms with E-state index in [4.69, 9.17) is 5.73 Å². The van der Waals surface area contributed by atoms with Gasteiger partial charge in [0.1, 0.15) is 0 Å². The Balaban J connectivity index is 0.00000121. The predicted molar refractivity (Wildman–Crippen MR) is 52.3 cm³/mol. The van der Waals surface area contributed by atoms with Gasteiger partial charge in [-0.1, -0.05) is 0 Å². The summed E-state index contributed by atoms with van der Waals surface area (Å²) < 4.78 is 22.2. The van der Waals surface area contributed by atoms with Gasteiger partial charge in [-0.15, -0.1) is 12.4 Å². The lowest BCUT2D eigenvalue weighted by molar-refractivity contribution is 0.430. The highest BCUT2D eigenvalue weighted by Crippen LogP contribution is 2.36. The molecule has 0 aromatic heterocycles. The summed E-state index contributed by atoms with van der Waals surface area (Å²) in [6, 6.07) is 0. The maximum absolute atomic E-state index is 11.4. The van der Waals surface area contributed by atoms with Gasteiger partial charge in [0.15, 0.2) is 9.84 Å². The summed E-state index contributed by atoms with van der Waals surface area (Å²) in [5.41, 5.74) is 5.47. The Morgan fingerprint density at radius 3 is 2.17 bits per heavy atom. The molecular formula is C7H16ClNO2S. The van der Waals surface area contributed by atoms with Crippen molar-refractivity contribution < 1.29 is 8.42 Å². The number of sulfone groups is 1. The summed E-state index contributed by atoms with van der Waals surface area (Å²) in [6.07, 6.45) is 0.728. The molecule has 0 aliphatic carbocycles. The van der Waals surface area contributed by atoms with Crippen LogP contribution in [-0.2, 0) is 9.84 Å². The molecule has 1 atom stereocenters. The van der Waals surface area contributed by atoms with E-state index in [0.717, 1.165) is 6.42 Å². The number of rotatable bonds is 1. The van der Waals surface area contributed by atoms with Crippen LogP contribution in [-0.4, -0.2) is 25.5 Å². The maximum Gasteiger partial charge on any atom is 0.155 e. The Morgan fingerprint density at radius 2 is 2.00 bits per heavy atom. The third-order valence-corrected chi connectivity index (χ3v) is 5.51. The van der Waals surface area contributed by atoms with Crippen molar-refractivity contribution in [2.24, 2.45) is 11.7 Å². The lowest BCUT2D eigenvalue weighted by Gasteiger charge is -2.23. The van der Waals surface area contributed by atoms with Crippen LogP contribution in [0.25, 0.3) is 0 Å². The first-order valence-electron chi connectivity index (χ1n) is 3.84. The summed E-state index contributed by atoms with van der Waals surface area (Å²) in [6.45, 7) is 4.02. The Kier molecular flexibility index (Phi) is 3.58. The predicted octanol–water partition coefficient (Wildman–Crippen LogP) is 0.580. The smallest absolute Gasteiger partial charge is 0.155 e. The zero-order valence-electron chi connectivity index (χ0n) is 7.41. The van der Waals surface area contributed by atoms with Crippen molar-refractivity contribution in [1.29, 1.82) is 0 Å². The third-order valence-electron chi connectivity index (χ3n) is 2.80. The molecule has 0 bridgehead atoms. The maximum atomic E-state index is 11.4. The minimum absolute atomic E-state index is 0. The van der Waals surface area contributed by atoms with Gasteiger partial charge in [0, 0.05) is 0 Å². The molecule has 0 aromatic carbocycles. The van der Waals surface area contributed by atoms with Crippen molar-refractivity contribution >= 4 is 22.2 Å². The molecule has 1 aliphatic heterocycles. The number of hydrogen-bond acceptors (Lipinski definition) is 3. The van der Waals surface area contributed by atoms with Crippen LogP contribution in [0.1, 0.15) is 20.3 Å². The van der Waals surface area contributed by atoms with E-state index in [2.05, 4.69) is 0 Å². The summed E-state index contributed by atoms with van der Waals surface area (Å²) in [5, 5.41) is 0. The van der Waals surface area contributed by atoms with Gasteiger partial charge in [0.25, 0.3) is 0 Å². The molecule has 2 N–H and O–H groups in total. The monoisotopic (exact) mass is 213 g/mol. The molecule has 1 fully saturated rings. The molecule has 3 nitrogen and oxygen atoms in total. The van der Waals surface area contributed by atoms with Crippen LogP contribution >= 0.6 is 12.4 Å². The SMILES string of the molecule is CC1(C)C(CN)CCS1(=O)=O.Cl. The second-order valence-electron chi connectivity index (χ2n) is 3.64. The number of halogens is 1. The van der Waals surface area contributed by atoms with Crippen molar-refractivity contribution in [3.63, 3.8) is 0 Å². The van der Waals surface area contributed by atoms with Crippen LogP contribution in [0.15, 0.2) is 0 Å². The Hall–Kier alpha value is 0.200. The normalized spacial score (nSPS) is 31.1. The van der Waals surface area contributed by atoms with Gasteiger partial charge in [0.05, 0.1) is 10.5 Å². The molecule has 1 aliphatic rings. The third kappa shape index (κ3) is 1.60. The van der Waals surface area contributed by atoms with E-state index in [0.29, 0.717) is 12.3 Å². The first-order chi connectivity index (χ1) is 4.92. The largest absolute Gasteiger partial charge is 0.330 e. The van der Waals surface area contributed by atoms with Gasteiger partial charge in [-0.25, -0.2) is 8.42 Å². The molecule has 0 spiro atoms. The first kappa shape index (κ1) is 12.2. The van der Waals surface area contributed by atoms with Crippen LogP contribution in [0.4, 0.5) is 0 Å². The quantitative estimate of drug-likeness (QED) is 0.693. The van der Waals surface area contributed by atoms with Gasteiger partial charge in [-0.3, -0.25) is 0 Å². The van der Waals surface area contributed by atoms with Gasteiger partial charge in [-0.05, 0) is 32.7 Å². The Labute approximate surface area is 80.0 Å². The molecule has 74 valence electrons. The molecule has 1 heterocycles. The Bertz CT molecular complexity index is 248. The van der Waals surface area contributed by atoms with E-state index in [1.807, 2.05) is 0 Å². The molecule has 0 amide bonds. The molecule has 0 radical (unpaired) electrons. The fraction of sp³-hybridized carbons (Fsp3) is 1.00. The van der Waals surface area contributed by atoms with E-state index < -0.39 is 14.6 Å². The average molecular weight is 214 g/mol. The molecule has 0 saturated carbocycles. The van der Waals surface area contributed by atoms with Gasteiger partial charge in [-0.2, -0.15) is 0 Å². The molecule has 1 unspecified atom stereocenters. The second kappa shape index (κ2) is 3.52. The molecule has 1 saturated heterocycles. The summed E-state index contributed by atoms with van der Waals surface area (Å²) in [7, 11) is -2.87. The fourth-order valence-electron chi connectivity index (χ4n) is 1.56. The van der Waals surface area contributed by atoms with Crippen molar-refractivity contribution in [2.45, 2.75) is 25.0 Å². The highest BCUT2D eigenvalue weighted by atomic mass is 35.5. The van der Waals surface area contributed by atoms with Crippen LogP contribution in [0, 0.1) is 5.92 Å². The van der Waals surface area contributed by atoms with Crippen molar-refractivity contribution in [3.8, 4) is 0 Å². The highest BCUT2D eigenvalue weighted by Gasteiger charge is 2.46. The van der Waals surface area contributed by atoms with Gasteiger partial charge < -0.3 is 5.73 Å². The van der Waals surface area contributed by atoms with Crippen LogP contribution in [0.2, 0.25) is 0 Å². The minimum Gasteiger partial charge on any atom is -0.330 e. The van der Waals surface area contributed by atoms with Gasteiger partial charge in [0.2, 0.25) is 0 Å². The van der Waals surface area contributed by atoms with Crippen molar-refractivity contribution in [1.82, 2.24) is 0 Å². The standard InChI is InChI=1S/C7H15NO2S.ClH/c1-7(2)6(5-8)3-4-11(7,9)10;/h6H,3-5,8H2,1-2H3;1H. The van der Waals surface area contributed by atoms with Crippen LogP contribution < -0.4 is 5.73 Å². The molecular weight excluding hydrogens is 198 g/mol. The topological polar surface area (TPSA) is 60.2 Å². The van der Waals surface area contributed by atoms with Crippen molar-refractivity contribution in [2.75, 3.05) is 12.3 Å². The van der Waals surface area contributed by atoms with Crippen molar-refractivity contribution in [3.05, 3.63) is 0 Å². The van der Waals surface area contributed by atoms with E-state index in [-0.39, 0.29) is 18.3 Å². The summed E-state index contributed by atoms with van der Waals surface area (Å²) >= 11 is 0. The molecule has 1 rings (SSSR count). The Morgan fingerprint density at radius 1 is 1.50 bits per heavy atom. The molecule has 0 aromatic rings. The lowest BCUT2D eigenvalue weighted by atomic mass is 9.93. The summed E-state index contributed by atoms with van der Waals surface area (Å²) in [5.74, 6) is 0.453. The minimum atomic E-state index is -2.87. The average Bonchev–Trinajstić information content (AvgIpc) is 2.05. The fourth-order valence-corrected chi connectivity index (χ4v) is 3.41. The number of nitrogens with two attached hydrogens (primary N) is 1. The van der Waals surface area contributed by atoms with Crippen LogP contribution in [0.5, 0.6) is 0 Å². The number of hydrogen-bond donors (Lipinski definition) is 1. The zero-order chi connectivity index (χ0) is 8.70. The van der Waals surface area contributed by atoms with E-state index >= 15 is 0 Å². The zero-order valence-corrected chi connectivity index (χ0v) is 9.04. The second-order valence-corrected chi connectivity index (χ2v) is 6.33. The van der Waals surface area contributed by atoms with Crippen LogP contribution in [0.3, 0.4) is 0 Å². The van der Waals surface area contributed by atoms with E-state index in [1.165, 1.54) is 0 Å². The molecule has 5 heteroatoms. The van der Waals surface area contributed by atoms with E-state index in [1.54, 1.807) is 13.8 Å². The van der Waals surface area contributed by atoms with E-state index in [9.17, 15) is 8.42 Å². The first-order valence-corrected chi connectivity index (χ1v) is 5.49.